The molecule has 0 saturated carbocycles. The summed E-state index contributed by atoms with van der Waals surface area (Å²) in [5, 5.41) is 2.77. The molecule has 1 heterocycles. The molecule has 3 N–H and O–H groups in total. The Morgan fingerprint density at radius 1 is 1.44 bits per heavy atom. The largest absolute Gasteiger partial charge is 0.325 e. The van der Waals surface area contributed by atoms with Crippen LogP contribution in [0.5, 0.6) is 0 Å². The van der Waals surface area contributed by atoms with Crippen LogP contribution in [0.1, 0.15) is 10.1 Å². The number of benzene rings is 1. The molecule has 0 aromatic heterocycles. The topological polar surface area (TPSA) is 55.1 Å². The van der Waals surface area contributed by atoms with E-state index in [2.05, 4.69) is 11.4 Å². The smallest absolute Gasteiger partial charge is 0.238 e. The molecule has 1 fully saturated rings. The number of nitrogens with one attached hydrogen (secondary N) is 1. The lowest BCUT2D eigenvalue weighted by molar-refractivity contribution is -0.114. The van der Waals surface area contributed by atoms with E-state index in [0.717, 1.165) is 5.69 Å². The van der Waals surface area contributed by atoms with Crippen molar-refractivity contribution in [1.29, 1.82) is 0 Å². The van der Waals surface area contributed by atoms with Gasteiger partial charge in [0.05, 0.1) is 11.1 Å². The molecule has 1 aromatic rings. The molecule has 1 amide bonds. The molecule has 5 heteroatoms. The number of anilines is 1. The van der Waals surface area contributed by atoms with Gasteiger partial charge in [-0.05, 0) is 17.7 Å². The van der Waals surface area contributed by atoms with E-state index in [1.165, 1.54) is 17.1 Å². The molecule has 1 aliphatic heterocycles. The Hall–Kier alpha value is -0.650. The molecule has 16 heavy (non-hydrogen) atoms. The van der Waals surface area contributed by atoms with E-state index < -0.39 is 0 Å². The van der Waals surface area contributed by atoms with Gasteiger partial charge in [-0.25, -0.2) is 0 Å². The van der Waals surface area contributed by atoms with Crippen LogP contribution in [0.4, 0.5) is 5.69 Å². The number of hydrogen-bond donors (Lipinski definition) is 2. The normalized spacial score (nSPS) is 16.3. The predicted octanol–water partition coefficient (Wildman–Crippen LogP) is 2.06. The van der Waals surface area contributed by atoms with Gasteiger partial charge in [0.25, 0.3) is 0 Å². The summed E-state index contributed by atoms with van der Waals surface area (Å²) in [6, 6.07) is 8.00. The Balaban J connectivity index is 2.09. The average molecular weight is 254 g/mol. The Bertz CT molecular complexity index is 378. The molecule has 0 radical (unpaired) electrons. The lowest BCUT2D eigenvalue weighted by Crippen LogP contribution is -2.21. The first-order valence-electron chi connectivity index (χ1n) is 5.12. The highest BCUT2D eigenvalue weighted by Crippen LogP contribution is 2.45. The van der Waals surface area contributed by atoms with Crippen LogP contribution >= 0.6 is 23.5 Å². The van der Waals surface area contributed by atoms with Gasteiger partial charge in [-0.1, -0.05) is 12.1 Å². The zero-order valence-corrected chi connectivity index (χ0v) is 10.4. The van der Waals surface area contributed by atoms with Gasteiger partial charge in [0, 0.05) is 17.2 Å². The van der Waals surface area contributed by atoms with Gasteiger partial charge < -0.3 is 11.1 Å². The Kier molecular flexibility index (Phi) is 4.15. The zero-order chi connectivity index (χ0) is 11.4. The van der Waals surface area contributed by atoms with Crippen LogP contribution in [0.25, 0.3) is 0 Å². The Morgan fingerprint density at radius 3 is 2.88 bits per heavy atom. The second kappa shape index (κ2) is 5.61. The monoisotopic (exact) mass is 254 g/mol. The minimum atomic E-state index is -0.149. The molecule has 0 spiro atoms. The standard InChI is InChI=1S/C11H14N2OS2/c12-7-10(14)13-9-3-1-2-8(6-9)11-15-4-5-16-11/h1-3,6,11H,4-5,7,12H2,(H,13,14). The third-order valence-corrected chi connectivity index (χ3v) is 5.35. The summed E-state index contributed by atoms with van der Waals surface area (Å²) in [6.45, 7) is 0.0250. The van der Waals surface area contributed by atoms with E-state index in [-0.39, 0.29) is 12.5 Å². The zero-order valence-electron chi connectivity index (χ0n) is 8.81. The van der Waals surface area contributed by atoms with Crippen LogP contribution < -0.4 is 11.1 Å². The Morgan fingerprint density at radius 2 is 2.19 bits per heavy atom. The molecule has 0 aliphatic carbocycles. The third-order valence-electron chi connectivity index (χ3n) is 2.25. The molecule has 0 unspecified atom stereocenters. The summed E-state index contributed by atoms with van der Waals surface area (Å²) in [6.07, 6.45) is 0. The predicted molar refractivity (Wildman–Crippen MR) is 71.8 cm³/mol. The fourth-order valence-electron chi connectivity index (χ4n) is 1.53. The quantitative estimate of drug-likeness (QED) is 0.867. The van der Waals surface area contributed by atoms with Gasteiger partial charge in [0.1, 0.15) is 0 Å². The van der Waals surface area contributed by atoms with Crippen LogP contribution in [0.2, 0.25) is 0 Å². The van der Waals surface area contributed by atoms with Gasteiger partial charge in [0.15, 0.2) is 0 Å². The second-order valence-electron chi connectivity index (χ2n) is 3.45. The molecule has 0 bridgehead atoms. The van der Waals surface area contributed by atoms with Crippen molar-refractivity contribution in [3.63, 3.8) is 0 Å². The molecule has 1 saturated heterocycles. The van der Waals surface area contributed by atoms with Crippen molar-refractivity contribution in [3.05, 3.63) is 29.8 Å². The number of thioether (sulfide) groups is 2. The summed E-state index contributed by atoms with van der Waals surface area (Å²) in [4.78, 5) is 11.2. The minimum Gasteiger partial charge on any atom is -0.325 e. The second-order valence-corrected chi connectivity index (χ2v) is 6.18. The van der Waals surface area contributed by atoms with E-state index in [4.69, 9.17) is 5.73 Å². The number of carbonyl (C=O) groups is 1. The highest BCUT2D eigenvalue weighted by Gasteiger charge is 2.18. The van der Waals surface area contributed by atoms with Gasteiger partial charge >= 0.3 is 0 Å². The van der Waals surface area contributed by atoms with E-state index in [1.807, 2.05) is 41.7 Å². The van der Waals surface area contributed by atoms with Crippen molar-refractivity contribution in [2.45, 2.75) is 4.58 Å². The highest BCUT2D eigenvalue weighted by molar-refractivity contribution is 8.19. The summed E-state index contributed by atoms with van der Waals surface area (Å²) >= 11 is 3.91. The molecule has 0 atom stereocenters. The number of carbonyl (C=O) groups excluding carboxylic acids is 1. The van der Waals surface area contributed by atoms with Crippen LogP contribution in [0.15, 0.2) is 24.3 Å². The van der Waals surface area contributed by atoms with Gasteiger partial charge in [-0.3, -0.25) is 4.79 Å². The van der Waals surface area contributed by atoms with Gasteiger partial charge in [-0.15, -0.1) is 23.5 Å². The van der Waals surface area contributed by atoms with Crippen molar-refractivity contribution >= 4 is 35.1 Å². The number of rotatable bonds is 3. The first kappa shape index (κ1) is 11.8. The number of hydrogen-bond acceptors (Lipinski definition) is 4. The minimum absolute atomic E-state index is 0.0250. The van der Waals surface area contributed by atoms with Crippen molar-refractivity contribution in [1.82, 2.24) is 0 Å². The average Bonchev–Trinajstić information content (AvgIpc) is 2.83. The Labute approximate surface area is 104 Å². The van der Waals surface area contributed by atoms with Gasteiger partial charge in [-0.2, -0.15) is 0 Å². The lowest BCUT2D eigenvalue weighted by Gasteiger charge is -2.10. The van der Waals surface area contributed by atoms with Crippen LogP contribution in [-0.2, 0) is 4.79 Å². The SMILES string of the molecule is NCC(=O)Nc1cccc(C2SCCS2)c1. The summed E-state index contributed by atoms with van der Waals surface area (Å²) in [5.41, 5.74) is 7.36. The molecule has 2 rings (SSSR count). The fourth-order valence-corrected chi connectivity index (χ4v) is 4.36. The van der Waals surface area contributed by atoms with Crippen LogP contribution in [0, 0.1) is 0 Å². The first-order valence-corrected chi connectivity index (χ1v) is 7.22. The number of nitrogens with two attached hydrogens (primary N) is 1. The van der Waals surface area contributed by atoms with E-state index in [1.54, 1.807) is 0 Å². The molecule has 1 aliphatic rings. The summed E-state index contributed by atoms with van der Waals surface area (Å²) in [5.74, 6) is 2.26. The number of amides is 1. The summed E-state index contributed by atoms with van der Waals surface area (Å²) < 4.78 is 0.509. The summed E-state index contributed by atoms with van der Waals surface area (Å²) in [7, 11) is 0. The third kappa shape index (κ3) is 2.93. The molecular weight excluding hydrogens is 240 g/mol. The molecule has 1 aromatic carbocycles. The van der Waals surface area contributed by atoms with E-state index in [0.29, 0.717) is 4.58 Å². The van der Waals surface area contributed by atoms with Crippen LogP contribution in [0.3, 0.4) is 0 Å². The molecule has 86 valence electrons. The van der Waals surface area contributed by atoms with Crippen molar-refractivity contribution in [2.75, 3.05) is 23.4 Å². The van der Waals surface area contributed by atoms with E-state index in [9.17, 15) is 4.79 Å². The van der Waals surface area contributed by atoms with Gasteiger partial charge in [0.2, 0.25) is 5.91 Å². The van der Waals surface area contributed by atoms with E-state index >= 15 is 0 Å². The maximum atomic E-state index is 11.2. The maximum absolute atomic E-state index is 11.2. The lowest BCUT2D eigenvalue weighted by atomic mass is 10.2. The van der Waals surface area contributed by atoms with Crippen molar-refractivity contribution in [3.8, 4) is 0 Å². The maximum Gasteiger partial charge on any atom is 0.238 e. The van der Waals surface area contributed by atoms with Crippen molar-refractivity contribution in [2.24, 2.45) is 5.73 Å². The van der Waals surface area contributed by atoms with Crippen molar-refractivity contribution < 1.29 is 4.79 Å². The fraction of sp³-hybridized carbons (Fsp3) is 0.364. The molecule has 3 nitrogen and oxygen atoms in total. The van der Waals surface area contributed by atoms with Crippen LogP contribution in [-0.4, -0.2) is 24.0 Å². The molecular formula is C11H14N2OS2. The highest BCUT2D eigenvalue weighted by atomic mass is 32.2. The first-order chi connectivity index (χ1) is 7.79.